The summed E-state index contributed by atoms with van der Waals surface area (Å²) in [6.45, 7) is 8.70. The van der Waals surface area contributed by atoms with Gasteiger partial charge in [0.2, 0.25) is 0 Å². The summed E-state index contributed by atoms with van der Waals surface area (Å²) in [5, 5.41) is 0. The molecule has 1 saturated heterocycles. The molecule has 0 aromatic carbocycles. The molecule has 2 aromatic heterocycles. The fraction of sp³-hybridized carbons (Fsp3) is 0.500. The van der Waals surface area contributed by atoms with Crippen LogP contribution < -0.4 is 0 Å². The zero-order valence-corrected chi connectivity index (χ0v) is 15.0. The van der Waals surface area contributed by atoms with Crippen LogP contribution in [0.15, 0.2) is 29.3 Å². The van der Waals surface area contributed by atoms with Crippen LogP contribution in [-0.2, 0) is 4.74 Å². The number of aromatic nitrogens is 3. The fourth-order valence-corrected chi connectivity index (χ4v) is 3.18. The van der Waals surface area contributed by atoms with Gasteiger partial charge in [-0.25, -0.2) is 14.4 Å². The van der Waals surface area contributed by atoms with Gasteiger partial charge < -0.3 is 4.74 Å². The lowest BCUT2D eigenvalue weighted by Gasteiger charge is -2.43. The van der Waals surface area contributed by atoms with Crippen molar-refractivity contribution in [2.24, 2.45) is 0 Å². The lowest BCUT2D eigenvalue weighted by molar-refractivity contribution is -0.0519. The molecule has 0 aliphatic carbocycles. The van der Waals surface area contributed by atoms with Crippen molar-refractivity contribution in [2.75, 3.05) is 19.8 Å². The normalized spacial score (nSPS) is 20.0. The summed E-state index contributed by atoms with van der Waals surface area (Å²) >= 11 is 3.22. The lowest BCUT2D eigenvalue weighted by atomic mass is 10.0. The molecule has 124 valence electrons. The van der Waals surface area contributed by atoms with Crippen LogP contribution >= 0.6 is 15.9 Å². The van der Waals surface area contributed by atoms with Gasteiger partial charge in [0.15, 0.2) is 11.6 Å². The van der Waals surface area contributed by atoms with E-state index >= 15 is 0 Å². The first-order valence-electron chi connectivity index (χ1n) is 7.56. The standard InChI is InChI=1S/C16H20BrFN4O/c1-16(2,3)22-4-5-23-9-14(22)13-8-21(10-20-13)15-12(18)6-11(17)7-19-15/h6-8,10,14H,4-5,9H2,1-3H3. The smallest absolute Gasteiger partial charge is 0.174 e. The first-order chi connectivity index (χ1) is 10.9. The molecule has 1 fully saturated rings. The molecular formula is C16H20BrFN4O. The number of morpholine rings is 1. The number of hydrogen-bond donors (Lipinski definition) is 0. The van der Waals surface area contributed by atoms with Gasteiger partial charge in [0.25, 0.3) is 0 Å². The molecule has 3 rings (SSSR count). The summed E-state index contributed by atoms with van der Waals surface area (Å²) in [5.74, 6) is -0.151. The zero-order chi connectivity index (χ0) is 16.6. The Hall–Kier alpha value is -1.31. The first-order valence-corrected chi connectivity index (χ1v) is 8.35. The van der Waals surface area contributed by atoms with Crippen LogP contribution in [0.2, 0.25) is 0 Å². The van der Waals surface area contributed by atoms with Gasteiger partial charge in [-0.15, -0.1) is 0 Å². The molecule has 1 aliphatic heterocycles. The number of hydrogen-bond acceptors (Lipinski definition) is 4. The lowest BCUT2D eigenvalue weighted by Crippen LogP contribution is -2.50. The topological polar surface area (TPSA) is 43.2 Å². The minimum Gasteiger partial charge on any atom is -0.378 e. The van der Waals surface area contributed by atoms with E-state index in [1.165, 1.54) is 6.07 Å². The minimum atomic E-state index is -0.393. The Morgan fingerprint density at radius 2 is 2.13 bits per heavy atom. The highest BCUT2D eigenvalue weighted by Crippen LogP contribution is 2.30. The van der Waals surface area contributed by atoms with Gasteiger partial charge in [-0.3, -0.25) is 9.47 Å². The summed E-state index contributed by atoms with van der Waals surface area (Å²) < 4.78 is 21.9. The Morgan fingerprint density at radius 1 is 1.35 bits per heavy atom. The maximum Gasteiger partial charge on any atom is 0.174 e. The molecule has 0 amide bonds. The van der Waals surface area contributed by atoms with E-state index in [0.717, 1.165) is 18.8 Å². The summed E-state index contributed by atoms with van der Waals surface area (Å²) in [6, 6.07) is 1.45. The van der Waals surface area contributed by atoms with Crippen molar-refractivity contribution in [1.82, 2.24) is 19.4 Å². The van der Waals surface area contributed by atoms with Gasteiger partial charge in [0.1, 0.15) is 6.33 Å². The first kappa shape index (κ1) is 16.5. The highest BCUT2D eigenvalue weighted by molar-refractivity contribution is 9.10. The quantitative estimate of drug-likeness (QED) is 0.798. The van der Waals surface area contributed by atoms with Crippen LogP contribution in [0.5, 0.6) is 0 Å². The molecule has 1 unspecified atom stereocenters. The van der Waals surface area contributed by atoms with Crippen LogP contribution in [0.4, 0.5) is 4.39 Å². The molecule has 1 atom stereocenters. The molecule has 23 heavy (non-hydrogen) atoms. The zero-order valence-electron chi connectivity index (χ0n) is 13.5. The Balaban J connectivity index is 1.91. The summed E-state index contributed by atoms with van der Waals surface area (Å²) in [5.41, 5.74) is 0.878. The molecule has 3 heterocycles. The fourth-order valence-electron chi connectivity index (χ4n) is 2.87. The van der Waals surface area contributed by atoms with Gasteiger partial charge in [-0.05, 0) is 42.8 Å². The average molecular weight is 383 g/mol. The van der Waals surface area contributed by atoms with Crippen molar-refractivity contribution in [3.05, 3.63) is 40.8 Å². The number of rotatable bonds is 2. The average Bonchev–Trinajstić information content (AvgIpc) is 2.96. The maximum atomic E-state index is 14.1. The van der Waals surface area contributed by atoms with Gasteiger partial charge in [0, 0.05) is 29.0 Å². The van der Waals surface area contributed by atoms with Crippen molar-refractivity contribution in [1.29, 1.82) is 0 Å². The largest absolute Gasteiger partial charge is 0.378 e. The van der Waals surface area contributed by atoms with Gasteiger partial charge in [-0.2, -0.15) is 0 Å². The van der Waals surface area contributed by atoms with E-state index in [1.54, 1.807) is 17.1 Å². The maximum absolute atomic E-state index is 14.1. The van der Waals surface area contributed by atoms with Gasteiger partial charge in [0.05, 0.1) is 24.9 Å². The summed E-state index contributed by atoms with van der Waals surface area (Å²) in [6.07, 6.45) is 5.00. The van der Waals surface area contributed by atoms with E-state index in [2.05, 4.69) is 51.6 Å². The highest BCUT2D eigenvalue weighted by atomic mass is 79.9. The van der Waals surface area contributed by atoms with E-state index in [4.69, 9.17) is 4.74 Å². The molecular weight excluding hydrogens is 363 g/mol. The van der Waals surface area contributed by atoms with E-state index in [0.29, 0.717) is 11.1 Å². The third-order valence-electron chi connectivity index (χ3n) is 3.97. The Bertz CT molecular complexity index is 698. The van der Waals surface area contributed by atoms with E-state index in [1.807, 2.05) is 6.20 Å². The summed E-state index contributed by atoms with van der Waals surface area (Å²) in [7, 11) is 0. The highest BCUT2D eigenvalue weighted by Gasteiger charge is 2.34. The number of halogens is 2. The third kappa shape index (κ3) is 3.46. The SMILES string of the molecule is CC(C)(C)N1CCOCC1c1cn(-c2ncc(Br)cc2F)cn1. The van der Waals surface area contributed by atoms with Crippen molar-refractivity contribution >= 4 is 15.9 Å². The number of imidazole rings is 1. The molecule has 0 saturated carbocycles. The molecule has 0 spiro atoms. The molecule has 0 bridgehead atoms. The molecule has 0 N–H and O–H groups in total. The van der Waals surface area contributed by atoms with Crippen LogP contribution in [-0.4, -0.2) is 44.7 Å². The van der Waals surface area contributed by atoms with Gasteiger partial charge >= 0.3 is 0 Å². The Kier molecular flexibility index (Phi) is 4.53. The van der Waals surface area contributed by atoms with E-state index < -0.39 is 5.82 Å². The Labute approximate surface area is 143 Å². The van der Waals surface area contributed by atoms with Crippen molar-refractivity contribution in [3.8, 4) is 5.82 Å². The van der Waals surface area contributed by atoms with Crippen LogP contribution in [0.25, 0.3) is 5.82 Å². The summed E-state index contributed by atoms with van der Waals surface area (Å²) in [4.78, 5) is 11.0. The predicted octanol–water partition coefficient (Wildman–Crippen LogP) is 3.34. The van der Waals surface area contributed by atoms with E-state index in [9.17, 15) is 4.39 Å². The third-order valence-corrected chi connectivity index (χ3v) is 4.40. The number of nitrogens with zero attached hydrogens (tertiary/aromatic N) is 4. The second-order valence-electron chi connectivity index (χ2n) is 6.62. The molecule has 1 aliphatic rings. The molecule has 0 radical (unpaired) electrons. The van der Waals surface area contributed by atoms with Gasteiger partial charge in [-0.1, -0.05) is 0 Å². The number of ether oxygens (including phenoxy) is 1. The molecule has 7 heteroatoms. The van der Waals surface area contributed by atoms with E-state index in [-0.39, 0.29) is 17.4 Å². The Morgan fingerprint density at radius 3 is 2.83 bits per heavy atom. The molecule has 2 aromatic rings. The monoisotopic (exact) mass is 382 g/mol. The molecule has 5 nitrogen and oxygen atoms in total. The second kappa shape index (κ2) is 6.30. The van der Waals surface area contributed by atoms with Crippen LogP contribution in [0, 0.1) is 5.82 Å². The predicted molar refractivity (Wildman–Crippen MR) is 89.0 cm³/mol. The second-order valence-corrected chi connectivity index (χ2v) is 7.54. The van der Waals surface area contributed by atoms with Crippen LogP contribution in [0.1, 0.15) is 32.5 Å². The van der Waals surface area contributed by atoms with Crippen molar-refractivity contribution < 1.29 is 9.13 Å². The van der Waals surface area contributed by atoms with Crippen molar-refractivity contribution in [2.45, 2.75) is 32.4 Å². The number of pyridine rings is 1. The minimum absolute atomic E-state index is 0.0132. The van der Waals surface area contributed by atoms with Crippen LogP contribution in [0.3, 0.4) is 0 Å². The van der Waals surface area contributed by atoms with Crippen molar-refractivity contribution in [3.63, 3.8) is 0 Å².